The van der Waals surface area contributed by atoms with Crippen molar-refractivity contribution in [3.05, 3.63) is 23.8 Å². The highest BCUT2D eigenvalue weighted by molar-refractivity contribution is 5.92. The van der Waals surface area contributed by atoms with E-state index in [0.717, 1.165) is 0 Å². The van der Waals surface area contributed by atoms with Gasteiger partial charge in [-0.25, -0.2) is 4.79 Å². The van der Waals surface area contributed by atoms with Gasteiger partial charge in [0.05, 0.1) is 12.2 Å². The Bertz CT molecular complexity index is 614. The van der Waals surface area contributed by atoms with E-state index >= 15 is 0 Å². The van der Waals surface area contributed by atoms with E-state index in [0.29, 0.717) is 31.1 Å². The molecule has 0 aromatic heterocycles. The van der Waals surface area contributed by atoms with Crippen molar-refractivity contribution < 1.29 is 33.3 Å². The van der Waals surface area contributed by atoms with Gasteiger partial charge in [0.2, 0.25) is 6.79 Å². The fraction of sp³-hybridized carbons (Fsp3) is 0.438. The van der Waals surface area contributed by atoms with Crippen LogP contribution in [0.3, 0.4) is 0 Å². The predicted octanol–water partition coefficient (Wildman–Crippen LogP) is 1.03. The van der Waals surface area contributed by atoms with Crippen LogP contribution in [0.1, 0.15) is 30.1 Å². The fourth-order valence-electron chi connectivity index (χ4n) is 1.98. The van der Waals surface area contributed by atoms with E-state index in [4.69, 9.17) is 18.9 Å². The number of ether oxygens (including phenoxy) is 4. The Morgan fingerprint density at radius 1 is 1.17 bits per heavy atom. The molecule has 0 saturated heterocycles. The zero-order valence-electron chi connectivity index (χ0n) is 13.3. The first-order chi connectivity index (χ1) is 11.6. The number of hydrogen-bond donors (Lipinski definition) is 1. The number of nitrogens with one attached hydrogen (secondary N) is 1. The van der Waals surface area contributed by atoms with Crippen molar-refractivity contribution in [2.75, 3.05) is 26.6 Å². The van der Waals surface area contributed by atoms with Gasteiger partial charge in [-0.1, -0.05) is 0 Å². The summed E-state index contributed by atoms with van der Waals surface area (Å²) >= 11 is 0. The maximum atomic E-state index is 11.9. The summed E-state index contributed by atoms with van der Waals surface area (Å²) in [5.41, 5.74) is 0.273. The SMILES string of the molecule is CCOC(=O)CCCNC(=O)COC(=O)c1ccc2c(c1)OCO2. The number of rotatable bonds is 8. The Labute approximate surface area is 139 Å². The predicted molar refractivity (Wildman–Crippen MR) is 81.7 cm³/mol. The number of amides is 1. The van der Waals surface area contributed by atoms with E-state index in [1.54, 1.807) is 13.0 Å². The minimum absolute atomic E-state index is 0.113. The van der Waals surface area contributed by atoms with Crippen LogP contribution in [0.5, 0.6) is 11.5 Å². The zero-order valence-corrected chi connectivity index (χ0v) is 13.3. The molecule has 0 bridgehead atoms. The molecular formula is C16H19NO7. The Balaban J connectivity index is 1.66. The molecule has 0 atom stereocenters. The Hall–Kier alpha value is -2.77. The molecule has 0 fully saturated rings. The van der Waals surface area contributed by atoms with Gasteiger partial charge >= 0.3 is 11.9 Å². The van der Waals surface area contributed by atoms with Crippen LogP contribution >= 0.6 is 0 Å². The van der Waals surface area contributed by atoms with Gasteiger partial charge in [0.25, 0.3) is 5.91 Å². The van der Waals surface area contributed by atoms with Gasteiger partial charge in [0, 0.05) is 13.0 Å². The standard InChI is InChI=1S/C16H19NO7/c1-2-21-15(19)4-3-7-17-14(18)9-22-16(20)11-5-6-12-13(8-11)24-10-23-12/h5-6,8H,2-4,7,9-10H2,1H3,(H,17,18). The van der Waals surface area contributed by atoms with E-state index in [-0.39, 0.29) is 24.7 Å². The molecule has 0 spiro atoms. The van der Waals surface area contributed by atoms with Crippen molar-refractivity contribution in [2.24, 2.45) is 0 Å². The Kier molecular flexibility index (Phi) is 6.41. The van der Waals surface area contributed by atoms with E-state index in [2.05, 4.69) is 5.32 Å². The normalized spacial score (nSPS) is 11.7. The molecule has 2 rings (SSSR count). The minimum Gasteiger partial charge on any atom is -0.466 e. The van der Waals surface area contributed by atoms with Crippen LogP contribution in [0.2, 0.25) is 0 Å². The van der Waals surface area contributed by atoms with Crippen molar-refractivity contribution in [1.29, 1.82) is 0 Å². The molecule has 0 saturated carbocycles. The Morgan fingerprint density at radius 2 is 1.96 bits per heavy atom. The van der Waals surface area contributed by atoms with Crippen LogP contribution in [-0.2, 0) is 19.1 Å². The largest absolute Gasteiger partial charge is 0.466 e. The van der Waals surface area contributed by atoms with Crippen LogP contribution in [0.4, 0.5) is 0 Å². The van der Waals surface area contributed by atoms with Crippen molar-refractivity contribution in [2.45, 2.75) is 19.8 Å². The molecule has 1 aliphatic heterocycles. The van der Waals surface area contributed by atoms with Crippen LogP contribution in [0, 0.1) is 0 Å². The lowest BCUT2D eigenvalue weighted by Crippen LogP contribution is -2.30. The van der Waals surface area contributed by atoms with Crippen molar-refractivity contribution in [1.82, 2.24) is 5.32 Å². The molecule has 0 radical (unpaired) electrons. The molecule has 1 aromatic rings. The highest BCUT2D eigenvalue weighted by atomic mass is 16.7. The molecule has 0 unspecified atom stereocenters. The summed E-state index contributed by atoms with van der Waals surface area (Å²) in [5, 5.41) is 2.56. The van der Waals surface area contributed by atoms with Crippen molar-refractivity contribution in [3.63, 3.8) is 0 Å². The summed E-state index contributed by atoms with van der Waals surface area (Å²) < 4.78 is 20.0. The molecule has 8 heteroatoms. The minimum atomic E-state index is -0.630. The number of fused-ring (bicyclic) bond motifs is 1. The number of benzene rings is 1. The molecule has 0 aliphatic carbocycles. The quantitative estimate of drug-likeness (QED) is 0.558. The highest BCUT2D eigenvalue weighted by Crippen LogP contribution is 2.32. The van der Waals surface area contributed by atoms with Gasteiger partial charge in [-0.3, -0.25) is 9.59 Å². The van der Waals surface area contributed by atoms with Gasteiger partial charge in [-0.2, -0.15) is 0 Å². The molecule has 8 nitrogen and oxygen atoms in total. The Morgan fingerprint density at radius 3 is 2.75 bits per heavy atom. The summed E-state index contributed by atoms with van der Waals surface area (Å²) in [4.78, 5) is 34.6. The summed E-state index contributed by atoms with van der Waals surface area (Å²) in [5.74, 6) is -0.345. The monoisotopic (exact) mass is 337 g/mol. The number of carbonyl (C=O) groups is 3. The fourth-order valence-corrected chi connectivity index (χ4v) is 1.98. The summed E-state index contributed by atoms with van der Waals surface area (Å²) in [6.07, 6.45) is 0.686. The van der Waals surface area contributed by atoms with Gasteiger partial charge < -0.3 is 24.3 Å². The third-order valence-corrected chi connectivity index (χ3v) is 3.13. The van der Waals surface area contributed by atoms with Gasteiger partial charge in [-0.05, 0) is 31.5 Å². The first-order valence-corrected chi connectivity index (χ1v) is 7.59. The molecule has 1 amide bonds. The van der Waals surface area contributed by atoms with Crippen LogP contribution in [0.15, 0.2) is 18.2 Å². The van der Waals surface area contributed by atoms with E-state index in [1.165, 1.54) is 12.1 Å². The summed E-state index contributed by atoms with van der Waals surface area (Å²) in [6, 6.07) is 4.64. The third-order valence-electron chi connectivity index (χ3n) is 3.13. The molecule has 1 aromatic carbocycles. The maximum absolute atomic E-state index is 11.9. The molecular weight excluding hydrogens is 318 g/mol. The van der Waals surface area contributed by atoms with Gasteiger partial charge in [0.15, 0.2) is 18.1 Å². The van der Waals surface area contributed by atoms with Gasteiger partial charge in [-0.15, -0.1) is 0 Å². The lowest BCUT2D eigenvalue weighted by molar-refractivity contribution is -0.143. The molecule has 24 heavy (non-hydrogen) atoms. The first kappa shape index (κ1) is 17.6. The molecule has 1 N–H and O–H groups in total. The smallest absolute Gasteiger partial charge is 0.338 e. The second-order valence-electron chi connectivity index (χ2n) is 4.90. The summed E-state index contributed by atoms with van der Waals surface area (Å²) in [6.45, 7) is 2.09. The molecule has 130 valence electrons. The average Bonchev–Trinajstić information content (AvgIpc) is 3.04. The zero-order chi connectivity index (χ0) is 17.4. The lowest BCUT2D eigenvalue weighted by atomic mass is 10.2. The second-order valence-corrected chi connectivity index (χ2v) is 4.90. The highest BCUT2D eigenvalue weighted by Gasteiger charge is 2.17. The van der Waals surface area contributed by atoms with Crippen LogP contribution in [-0.4, -0.2) is 44.4 Å². The average molecular weight is 337 g/mol. The second kappa shape index (κ2) is 8.76. The van der Waals surface area contributed by atoms with Crippen molar-refractivity contribution in [3.8, 4) is 11.5 Å². The maximum Gasteiger partial charge on any atom is 0.338 e. The molecule has 1 heterocycles. The van der Waals surface area contributed by atoms with E-state index in [1.807, 2.05) is 0 Å². The topological polar surface area (TPSA) is 100 Å². The van der Waals surface area contributed by atoms with E-state index in [9.17, 15) is 14.4 Å². The number of esters is 2. The first-order valence-electron chi connectivity index (χ1n) is 7.59. The third kappa shape index (κ3) is 5.15. The van der Waals surface area contributed by atoms with E-state index < -0.39 is 18.5 Å². The summed E-state index contributed by atoms with van der Waals surface area (Å²) in [7, 11) is 0. The van der Waals surface area contributed by atoms with Crippen LogP contribution < -0.4 is 14.8 Å². The van der Waals surface area contributed by atoms with Crippen molar-refractivity contribution >= 4 is 17.8 Å². The number of hydrogen-bond acceptors (Lipinski definition) is 7. The molecule has 1 aliphatic rings. The lowest BCUT2D eigenvalue weighted by Gasteiger charge is -2.07. The van der Waals surface area contributed by atoms with Gasteiger partial charge in [0.1, 0.15) is 0 Å². The number of carbonyl (C=O) groups excluding carboxylic acids is 3. The van der Waals surface area contributed by atoms with Crippen LogP contribution in [0.25, 0.3) is 0 Å².